The lowest BCUT2D eigenvalue weighted by Crippen LogP contribution is -2.52. The number of carbonyl (C=O) groups is 1. The number of benzene rings is 1. The van der Waals surface area contributed by atoms with Crippen LogP contribution in [0.3, 0.4) is 0 Å². The van der Waals surface area contributed by atoms with Gasteiger partial charge in [0.05, 0.1) is 25.0 Å². The van der Waals surface area contributed by atoms with E-state index in [4.69, 9.17) is 9.47 Å². The number of piperazine rings is 1. The van der Waals surface area contributed by atoms with Crippen molar-refractivity contribution >= 4 is 15.9 Å². The van der Waals surface area contributed by atoms with Crippen molar-refractivity contribution < 1.29 is 22.7 Å². The molecule has 0 spiro atoms. The smallest absolute Gasteiger partial charge is 0.243 e. The summed E-state index contributed by atoms with van der Waals surface area (Å²) in [5.74, 6) is 0.626. The first-order valence-electron chi connectivity index (χ1n) is 9.56. The van der Waals surface area contributed by atoms with Gasteiger partial charge in [0.15, 0.2) is 11.5 Å². The lowest BCUT2D eigenvalue weighted by molar-refractivity contribution is -0.138. The molecule has 156 valence electrons. The van der Waals surface area contributed by atoms with Gasteiger partial charge in [0.2, 0.25) is 15.9 Å². The molecule has 2 aliphatic rings. The molecule has 2 heterocycles. The minimum Gasteiger partial charge on any atom is -0.493 e. The van der Waals surface area contributed by atoms with E-state index >= 15 is 0 Å². The first kappa shape index (κ1) is 20.9. The van der Waals surface area contributed by atoms with Crippen LogP contribution in [0, 0.1) is 5.92 Å². The molecule has 1 amide bonds. The van der Waals surface area contributed by atoms with Gasteiger partial charge in [0.1, 0.15) is 0 Å². The first-order valence-corrected chi connectivity index (χ1v) is 11.0. The minimum absolute atomic E-state index is 0.0697. The summed E-state index contributed by atoms with van der Waals surface area (Å²) in [6, 6.07) is 4.57. The maximum atomic E-state index is 13.1. The summed E-state index contributed by atoms with van der Waals surface area (Å²) in [5, 5.41) is 0. The van der Waals surface area contributed by atoms with Crippen LogP contribution in [0.25, 0.3) is 0 Å². The highest BCUT2D eigenvalue weighted by Crippen LogP contribution is 2.32. The monoisotopic (exact) mass is 411 g/mol. The number of hydrogen-bond acceptors (Lipinski definition) is 6. The van der Waals surface area contributed by atoms with Gasteiger partial charge < -0.3 is 19.3 Å². The summed E-state index contributed by atoms with van der Waals surface area (Å²) in [6.45, 7) is 3.76. The summed E-state index contributed by atoms with van der Waals surface area (Å²) in [5.41, 5.74) is 0. The van der Waals surface area contributed by atoms with Crippen molar-refractivity contribution in [2.24, 2.45) is 5.92 Å². The van der Waals surface area contributed by atoms with Gasteiger partial charge in [-0.25, -0.2) is 8.42 Å². The Hall–Kier alpha value is -1.84. The van der Waals surface area contributed by atoms with Crippen LogP contribution in [-0.4, -0.2) is 89.0 Å². The second-order valence-electron chi connectivity index (χ2n) is 7.35. The van der Waals surface area contributed by atoms with E-state index in [2.05, 4.69) is 4.90 Å². The molecule has 0 aromatic heterocycles. The number of piperidine rings is 1. The number of methoxy groups -OCH3 is 2. The standard InChI is InChI=1S/C19H29N3O5S/c1-20-9-11-21(12-10-20)19(23)15-5-4-8-22(14-15)28(24,25)16-6-7-17(26-2)18(13-16)27-3/h6-7,13,15H,4-5,8-12,14H2,1-3H3. The van der Waals surface area contributed by atoms with E-state index in [1.54, 1.807) is 6.07 Å². The normalized spacial score (nSPS) is 22.1. The molecule has 28 heavy (non-hydrogen) atoms. The van der Waals surface area contributed by atoms with E-state index in [1.165, 1.54) is 30.7 Å². The second kappa shape index (κ2) is 8.67. The van der Waals surface area contributed by atoms with Gasteiger partial charge in [-0.15, -0.1) is 0 Å². The van der Waals surface area contributed by atoms with Gasteiger partial charge in [-0.2, -0.15) is 4.31 Å². The number of hydrogen-bond donors (Lipinski definition) is 0. The molecular weight excluding hydrogens is 382 g/mol. The molecule has 1 aromatic carbocycles. The van der Waals surface area contributed by atoms with Crippen LogP contribution in [0.4, 0.5) is 0 Å². The quantitative estimate of drug-likeness (QED) is 0.716. The number of likely N-dealkylation sites (N-methyl/N-ethyl adjacent to an activating group) is 1. The molecule has 1 atom stereocenters. The fourth-order valence-electron chi connectivity index (χ4n) is 3.77. The summed E-state index contributed by atoms with van der Waals surface area (Å²) in [4.78, 5) is 17.1. The van der Waals surface area contributed by atoms with Crippen LogP contribution in [0.15, 0.2) is 23.1 Å². The number of sulfonamides is 1. The Balaban J connectivity index is 1.75. The topological polar surface area (TPSA) is 79.4 Å². The van der Waals surface area contributed by atoms with E-state index < -0.39 is 10.0 Å². The van der Waals surface area contributed by atoms with Gasteiger partial charge in [0.25, 0.3) is 0 Å². The first-order chi connectivity index (χ1) is 13.4. The van der Waals surface area contributed by atoms with Gasteiger partial charge in [0, 0.05) is 45.3 Å². The maximum absolute atomic E-state index is 13.1. The Morgan fingerprint density at radius 3 is 2.36 bits per heavy atom. The van der Waals surface area contributed by atoms with Crippen molar-refractivity contribution in [2.75, 3.05) is 60.5 Å². The van der Waals surface area contributed by atoms with Crippen molar-refractivity contribution in [1.29, 1.82) is 0 Å². The van der Waals surface area contributed by atoms with E-state index in [1.807, 2.05) is 11.9 Å². The Morgan fingerprint density at radius 2 is 1.71 bits per heavy atom. The Kier molecular flexibility index (Phi) is 6.47. The SMILES string of the molecule is COc1ccc(S(=O)(=O)N2CCCC(C(=O)N3CCN(C)CC3)C2)cc1OC. The molecule has 0 aliphatic carbocycles. The zero-order valence-corrected chi connectivity index (χ0v) is 17.6. The fourth-order valence-corrected chi connectivity index (χ4v) is 5.31. The van der Waals surface area contributed by atoms with E-state index in [0.29, 0.717) is 37.6 Å². The molecule has 0 bridgehead atoms. The van der Waals surface area contributed by atoms with Crippen molar-refractivity contribution in [3.8, 4) is 11.5 Å². The fraction of sp³-hybridized carbons (Fsp3) is 0.632. The number of ether oxygens (including phenoxy) is 2. The molecular formula is C19H29N3O5S. The summed E-state index contributed by atoms with van der Waals surface area (Å²) >= 11 is 0. The third kappa shape index (κ3) is 4.26. The largest absolute Gasteiger partial charge is 0.493 e. The van der Waals surface area contributed by atoms with Gasteiger partial charge in [-0.1, -0.05) is 0 Å². The average Bonchev–Trinajstić information content (AvgIpc) is 2.73. The molecule has 8 nitrogen and oxygen atoms in total. The second-order valence-corrected chi connectivity index (χ2v) is 9.29. The molecule has 1 aromatic rings. The van der Waals surface area contributed by atoms with E-state index in [0.717, 1.165) is 19.5 Å². The zero-order chi connectivity index (χ0) is 20.3. The van der Waals surface area contributed by atoms with Gasteiger partial charge in [-0.05, 0) is 32.0 Å². The molecule has 0 N–H and O–H groups in total. The molecule has 2 fully saturated rings. The van der Waals surface area contributed by atoms with E-state index in [-0.39, 0.29) is 23.3 Å². The maximum Gasteiger partial charge on any atom is 0.243 e. The molecule has 3 rings (SSSR count). The van der Waals surface area contributed by atoms with Crippen LogP contribution in [0.1, 0.15) is 12.8 Å². The van der Waals surface area contributed by atoms with E-state index in [9.17, 15) is 13.2 Å². The highest BCUT2D eigenvalue weighted by molar-refractivity contribution is 7.89. The lowest BCUT2D eigenvalue weighted by Gasteiger charge is -2.37. The number of carbonyl (C=O) groups excluding carboxylic acids is 1. The van der Waals surface area contributed by atoms with Crippen molar-refractivity contribution in [1.82, 2.24) is 14.1 Å². The third-order valence-corrected chi connectivity index (χ3v) is 7.40. The van der Waals surface area contributed by atoms with Gasteiger partial charge >= 0.3 is 0 Å². The zero-order valence-electron chi connectivity index (χ0n) is 16.8. The number of nitrogens with zero attached hydrogens (tertiary/aromatic N) is 3. The lowest BCUT2D eigenvalue weighted by atomic mass is 9.98. The van der Waals surface area contributed by atoms with Gasteiger partial charge in [-0.3, -0.25) is 4.79 Å². The van der Waals surface area contributed by atoms with Crippen LogP contribution >= 0.6 is 0 Å². The highest BCUT2D eigenvalue weighted by Gasteiger charge is 2.36. The molecule has 2 saturated heterocycles. The third-order valence-electron chi connectivity index (χ3n) is 5.54. The average molecular weight is 412 g/mol. The molecule has 9 heteroatoms. The van der Waals surface area contributed by atoms with Crippen molar-refractivity contribution in [3.05, 3.63) is 18.2 Å². The number of rotatable bonds is 5. The molecule has 2 aliphatic heterocycles. The Bertz CT molecular complexity index is 806. The minimum atomic E-state index is -3.71. The summed E-state index contributed by atoms with van der Waals surface area (Å²) in [6.07, 6.45) is 1.40. The predicted molar refractivity (Wildman–Crippen MR) is 105 cm³/mol. The van der Waals surface area contributed by atoms with Crippen LogP contribution in [-0.2, 0) is 14.8 Å². The highest BCUT2D eigenvalue weighted by atomic mass is 32.2. The summed E-state index contributed by atoms with van der Waals surface area (Å²) < 4.78 is 38.1. The van der Waals surface area contributed by atoms with Crippen LogP contribution < -0.4 is 9.47 Å². The Morgan fingerprint density at radius 1 is 1.04 bits per heavy atom. The van der Waals surface area contributed by atoms with Crippen LogP contribution in [0.2, 0.25) is 0 Å². The summed E-state index contributed by atoms with van der Waals surface area (Å²) in [7, 11) is 1.31. The molecule has 0 radical (unpaired) electrons. The van der Waals surface area contributed by atoms with Crippen molar-refractivity contribution in [3.63, 3.8) is 0 Å². The molecule has 1 unspecified atom stereocenters. The number of amides is 1. The Labute approximate surface area is 167 Å². The van der Waals surface area contributed by atoms with Crippen molar-refractivity contribution in [2.45, 2.75) is 17.7 Å². The van der Waals surface area contributed by atoms with Crippen LogP contribution in [0.5, 0.6) is 11.5 Å². The molecule has 0 saturated carbocycles. The predicted octanol–water partition coefficient (Wildman–Crippen LogP) is 0.879.